The van der Waals surface area contributed by atoms with Gasteiger partial charge in [-0.2, -0.15) is 0 Å². The zero-order chi connectivity index (χ0) is 16.5. The van der Waals surface area contributed by atoms with E-state index in [1.807, 2.05) is 37.4 Å². The van der Waals surface area contributed by atoms with Crippen LogP contribution in [0.15, 0.2) is 35.3 Å². The van der Waals surface area contributed by atoms with Crippen LogP contribution < -0.4 is 10.1 Å². The number of hydrogen-bond acceptors (Lipinski definition) is 3. The molecule has 136 valence electrons. The molecule has 0 saturated carbocycles. The number of para-hydroxylation sites is 1. The molecular formula is C18H31IN4O. The second-order valence-corrected chi connectivity index (χ2v) is 6.06. The smallest absolute Gasteiger partial charge is 0.193 e. The molecule has 0 spiro atoms. The molecule has 1 heterocycles. The monoisotopic (exact) mass is 446 g/mol. The second kappa shape index (κ2) is 11.5. The van der Waals surface area contributed by atoms with E-state index < -0.39 is 0 Å². The largest absolute Gasteiger partial charge is 0.492 e. The number of likely N-dealkylation sites (N-methyl/N-ethyl adjacent to an activating group) is 1. The van der Waals surface area contributed by atoms with E-state index in [-0.39, 0.29) is 24.0 Å². The Kier molecular flexibility index (Phi) is 10.1. The number of rotatable bonds is 7. The topological polar surface area (TPSA) is 40.1 Å². The lowest BCUT2D eigenvalue weighted by Crippen LogP contribution is -2.43. The van der Waals surface area contributed by atoms with Crippen LogP contribution in [0.2, 0.25) is 0 Å². The maximum atomic E-state index is 5.75. The summed E-state index contributed by atoms with van der Waals surface area (Å²) in [6.07, 6.45) is 1.28. The van der Waals surface area contributed by atoms with Crippen molar-refractivity contribution in [3.05, 3.63) is 30.3 Å². The van der Waals surface area contributed by atoms with Gasteiger partial charge in [-0.25, -0.2) is 0 Å². The van der Waals surface area contributed by atoms with Gasteiger partial charge in [-0.1, -0.05) is 25.1 Å². The van der Waals surface area contributed by atoms with E-state index in [1.54, 1.807) is 0 Å². The van der Waals surface area contributed by atoms with E-state index in [2.05, 4.69) is 34.1 Å². The van der Waals surface area contributed by atoms with Gasteiger partial charge in [0.2, 0.25) is 0 Å². The molecule has 1 fully saturated rings. The minimum absolute atomic E-state index is 0. The minimum Gasteiger partial charge on any atom is -0.492 e. The molecule has 1 aromatic carbocycles. The van der Waals surface area contributed by atoms with Crippen LogP contribution in [-0.4, -0.2) is 69.2 Å². The van der Waals surface area contributed by atoms with Crippen molar-refractivity contribution in [2.24, 2.45) is 10.9 Å². The molecule has 1 N–H and O–H groups in total. The van der Waals surface area contributed by atoms with E-state index >= 15 is 0 Å². The Morgan fingerprint density at radius 2 is 2.12 bits per heavy atom. The van der Waals surface area contributed by atoms with Crippen LogP contribution in [0.5, 0.6) is 5.75 Å². The lowest BCUT2D eigenvalue weighted by atomic mass is 10.1. The Hall–Kier alpha value is -1.02. The summed E-state index contributed by atoms with van der Waals surface area (Å²) in [4.78, 5) is 9.00. The minimum atomic E-state index is 0. The molecule has 1 aliphatic rings. The molecular weight excluding hydrogens is 415 g/mol. The first-order valence-corrected chi connectivity index (χ1v) is 8.55. The quantitative estimate of drug-likeness (QED) is 0.397. The summed E-state index contributed by atoms with van der Waals surface area (Å²) in [5.74, 6) is 2.58. The number of ether oxygens (including phenoxy) is 1. The molecule has 1 aliphatic heterocycles. The summed E-state index contributed by atoms with van der Waals surface area (Å²) in [6.45, 7) is 8.25. The molecule has 1 saturated heterocycles. The highest BCUT2D eigenvalue weighted by Gasteiger charge is 2.21. The van der Waals surface area contributed by atoms with Crippen molar-refractivity contribution in [2.75, 3.05) is 53.4 Å². The van der Waals surface area contributed by atoms with Crippen LogP contribution in [-0.2, 0) is 0 Å². The van der Waals surface area contributed by atoms with Gasteiger partial charge in [-0.05, 0) is 37.6 Å². The van der Waals surface area contributed by atoms with Crippen molar-refractivity contribution in [3.63, 3.8) is 0 Å². The van der Waals surface area contributed by atoms with Crippen LogP contribution in [0.25, 0.3) is 0 Å². The lowest BCUT2D eigenvalue weighted by molar-refractivity contribution is 0.280. The molecule has 6 heteroatoms. The maximum Gasteiger partial charge on any atom is 0.193 e. The van der Waals surface area contributed by atoms with E-state index in [0.29, 0.717) is 6.61 Å². The summed E-state index contributed by atoms with van der Waals surface area (Å²) < 4.78 is 5.75. The van der Waals surface area contributed by atoms with Crippen LogP contribution in [0, 0.1) is 5.92 Å². The van der Waals surface area contributed by atoms with Crippen LogP contribution in [0.4, 0.5) is 0 Å². The molecule has 1 unspecified atom stereocenters. The molecule has 2 rings (SSSR count). The number of guanidine groups is 1. The van der Waals surface area contributed by atoms with Gasteiger partial charge in [0, 0.05) is 27.2 Å². The Morgan fingerprint density at radius 3 is 2.75 bits per heavy atom. The van der Waals surface area contributed by atoms with Gasteiger partial charge in [0.05, 0.1) is 6.54 Å². The van der Waals surface area contributed by atoms with Crippen molar-refractivity contribution in [2.45, 2.75) is 13.3 Å². The fourth-order valence-electron chi connectivity index (χ4n) is 2.91. The summed E-state index contributed by atoms with van der Waals surface area (Å²) in [5.41, 5.74) is 0. The zero-order valence-corrected chi connectivity index (χ0v) is 17.4. The standard InChI is InChI=1S/C18H30N4O.HI/c1-4-22-11-10-16(15-22)14-20-18(19-2)21(3)12-13-23-17-8-6-5-7-9-17;/h5-9,16H,4,10-15H2,1-3H3,(H,19,20);1H. The van der Waals surface area contributed by atoms with Crippen LogP contribution >= 0.6 is 24.0 Å². The number of likely N-dealkylation sites (tertiary alicyclic amines) is 1. The number of aliphatic imine (C=N–C) groups is 1. The maximum absolute atomic E-state index is 5.75. The van der Waals surface area contributed by atoms with Gasteiger partial charge in [0.25, 0.3) is 0 Å². The van der Waals surface area contributed by atoms with E-state index in [0.717, 1.165) is 37.3 Å². The number of halogens is 1. The Bertz CT molecular complexity index is 483. The summed E-state index contributed by atoms with van der Waals surface area (Å²) >= 11 is 0. The number of nitrogens with zero attached hydrogens (tertiary/aromatic N) is 3. The van der Waals surface area contributed by atoms with Gasteiger partial charge in [0.15, 0.2) is 5.96 Å². The van der Waals surface area contributed by atoms with E-state index in [1.165, 1.54) is 19.5 Å². The predicted octanol–water partition coefficient (Wildman–Crippen LogP) is 2.53. The summed E-state index contributed by atoms with van der Waals surface area (Å²) in [7, 11) is 3.89. The van der Waals surface area contributed by atoms with Crippen LogP contribution in [0.3, 0.4) is 0 Å². The molecule has 0 aliphatic carbocycles. The normalized spacial score (nSPS) is 18.1. The summed E-state index contributed by atoms with van der Waals surface area (Å²) in [5, 5.41) is 3.50. The van der Waals surface area contributed by atoms with E-state index in [4.69, 9.17) is 4.74 Å². The Morgan fingerprint density at radius 1 is 1.38 bits per heavy atom. The van der Waals surface area contributed by atoms with E-state index in [9.17, 15) is 0 Å². The Balaban J connectivity index is 0.00000288. The van der Waals surface area contributed by atoms with Gasteiger partial charge < -0.3 is 19.9 Å². The second-order valence-electron chi connectivity index (χ2n) is 6.06. The summed E-state index contributed by atoms with van der Waals surface area (Å²) in [6, 6.07) is 9.92. The first-order valence-electron chi connectivity index (χ1n) is 8.55. The fraction of sp³-hybridized carbons (Fsp3) is 0.611. The molecule has 0 radical (unpaired) electrons. The van der Waals surface area contributed by atoms with Crippen molar-refractivity contribution in [1.29, 1.82) is 0 Å². The Labute approximate surface area is 163 Å². The molecule has 1 aromatic rings. The van der Waals surface area contributed by atoms with Gasteiger partial charge >= 0.3 is 0 Å². The molecule has 0 bridgehead atoms. The highest BCUT2D eigenvalue weighted by molar-refractivity contribution is 14.0. The molecule has 0 aromatic heterocycles. The van der Waals surface area contributed by atoms with Crippen LogP contribution in [0.1, 0.15) is 13.3 Å². The van der Waals surface area contributed by atoms with Crippen molar-refractivity contribution >= 4 is 29.9 Å². The average molecular weight is 446 g/mol. The van der Waals surface area contributed by atoms with Crippen molar-refractivity contribution < 1.29 is 4.74 Å². The predicted molar refractivity (Wildman–Crippen MR) is 112 cm³/mol. The highest BCUT2D eigenvalue weighted by atomic mass is 127. The van der Waals surface area contributed by atoms with Crippen molar-refractivity contribution in [3.8, 4) is 5.75 Å². The average Bonchev–Trinajstić information content (AvgIpc) is 3.04. The van der Waals surface area contributed by atoms with Gasteiger partial charge in [0.1, 0.15) is 12.4 Å². The third-order valence-electron chi connectivity index (χ3n) is 4.38. The number of benzene rings is 1. The lowest BCUT2D eigenvalue weighted by Gasteiger charge is -2.23. The van der Waals surface area contributed by atoms with Gasteiger partial charge in [-0.3, -0.25) is 4.99 Å². The SMILES string of the molecule is CCN1CCC(CNC(=NC)N(C)CCOc2ccccc2)C1.I. The third-order valence-corrected chi connectivity index (χ3v) is 4.38. The third kappa shape index (κ3) is 6.84. The molecule has 24 heavy (non-hydrogen) atoms. The highest BCUT2D eigenvalue weighted by Crippen LogP contribution is 2.14. The number of nitrogens with one attached hydrogen (secondary N) is 1. The molecule has 0 amide bonds. The zero-order valence-electron chi connectivity index (χ0n) is 15.1. The molecule has 1 atom stereocenters. The fourth-order valence-corrected chi connectivity index (χ4v) is 2.91. The first-order chi connectivity index (χ1) is 11.2. The van der Waals surface area contributed by atoms with Crippen molar-refractivity contribution in [1.82, 2.24) is 15.1 Å². The first kappa shape index (κ1) is 21.0. The van der Waals surface area contributed by atoms with Gasteiger partial charge in [-0.15, -0.1) is 24.0 Å². The molecule has 5 nitrogen and oxygen atoms in total. The number of hydrogen-bond donors (Lipinski definition) is 1.